The van der Waals surface area contributed by atoms with E-state index in [1.54, 1.807) is 18.2 Å². The summed E-state index contributed by atoms with van der Waals surface area (Å²) in [7, 11) is 0. The Morgan fingerprint density at radius 2 is 2.04 bits per heavy atom. The molecule has 3 rings (SSSR count). The van der Waals surface area contributed by atoms with E-state index in [2.05, 4.69) is 5.32 Å². The molecule has 0 radical (unpaired) electrons. The van der Waals surface area contributed by atoms with Crippen LogP contribution in [0.25, 0.3) is 6.08 Å². The number of benzene rings is 1. The Bertz CT molecular complexity index is 842. The van der Waals surface area contributed by atoms with Gasteiger partial charge in [0.05, 0.1) is 9.83 Å². The van der Waals surface area contributed by atoms with E-state index >= 15 is 0 Å². The first-order valence-corrected chi connectivity index (χ1v) is 7.94. The third kappa shape index (κ3) is 3.81. The van der Waals surface area contributed by atoms with Gasteiger partial charge in [0.15, 0.2) is 0 Å². The van der Waals surface area contributed by atoms with Crippen molar-refractivity contribution in [1.82, 2.24) is 5.32 Å². The molecule has 0 saturated carbocycles. The number of carbonyl (C=O) groups excluding carboxylic acids is 1. The van der Waals surface area contributed by atoms with Gasteiger partial charge in [0.1, 0.15) is 28.2 Å². The van der Waals surface area contributed by atoms with Crippen LogP contribution in [0, 0.1) is 10.1 Å². The highest BCUT2D eigenvalue weighted by Crippen LogP contribution is 2.26. The van der Waals surface area contributed by atoms with Gasteiger partial charge in [0.25, 0.3) is 11.6 Å². The molecule has 1 N–H and O–H groups in total. The van der Waals surface area contributed by atoms with Crippen LogP contribution in [0.15, 0.2) is 45.7 Å². The van der Waals surface area contributed by atoms with Gasteiger partial charge in [0.2, 0.25) is 0 Å². The fourth-order valence-electron chi connectivity index (χ4n) is 1.92. The first-order valence-electron chi connectivity index (χ1n) is 6.72. The second kappa shape index (κ2) is 6.85. The van der Waals surface area contributed by atoms with Crippen molar-refractivity contribution < 1.29 is 18.9 Å². The summed E-state index contributed by atoms with van der Waals surface area (Å²) in [5, 5.41) is 13.1. The molecule has 0 spiro atoms. The lowest BCUT2D eigenvalue weighted by Gasteiger charge is -2.03. The second-order valence-corrected chi connectivity index (χ2v) is 6.41. The molecule has 1 aliphatic rings. The van der Waals surface area contributed by atoms with Crippen LogP contribution >= 0.6 is 24.0 Å². The predicted octanol–water partition coefficient (Wildman–Crippen LogP) is 3.26. The number of nitro groups is 1. The van der Waals surface area contributed by atoms with Gasteiger partial charge in [-0.3, -0.25) is 14.9 Å². The molecule has 0 atom stereocenters. The summed E-state index contributed by atoms with van der Waals surface area (Å²) in [4.78, 5) is 22.2. The number of nitrogens with zero attached hydrogens (tertiary/aromatic N) is 1. The van der Waals surface area contributed by atoms with Gasteiger partial charge in [-0.05, 0) is 24.3 Å². The maximum Gasteiger partial charge on any atom is 0.269 e. The molecular formula is C15H10N2O5S2. The van der Waals surface area contributed by atoms with Crippen molar-refractivity contribution in [2.45, 2.75) is 6.61 Å². The van der Waals surface area contributed by atoms with Crippen molar-refractivity contribution in [3.05, 3.63) is 62.9 Å². The van der Waals surface area contributed by atoms with Gasteiger partial charge < -0.3 is 14.5 Å². The van der Waals surface area contributed by atoms with Crippen molar-refractivity contribution >= 4 is 46.0 Å². The minimum atomic E-state index is -0.473. The molecule has 1 saturated heterocycles. The smallest absolute Gasteiger partial charge is 0.269 e. The van der Waals surface area contributed by atoms with Crippen LogP contribution in [0.2, 0.25) is 0 Å². The number of carbonyl (C=O) groups is 1. The largest absolute Gasteiger partial charge is 0.486 e. The maximum atomic E-state index is 11.6. The summed E-state index contributed by atoms with van der Waals surface area (Å²) >= 11 is 6.09. The molecule has 2 aromatic rings. The number of non-ortho nitro benzene ring substituents is 1. The van der Waals surface area contributed by atoms with Gasteiger partial charge in [-0.15, -0.1) is 0 Å². The number of thiocarbonyl (C=S) groups is 1. The molecule has 1 aromatic heterocycles. The maximum absolute atomic E-state index is 11.6. The monoisotopic (exact) mass is 362 g/mol. The minimum Gasteiger partial charge on any atom is -0.486 e. The zero-order valence-electron chi connectivity index (χ0n) is 12.1. The highest BCUT2D eigenvalue weighted by Gasteiger charge is 2.22. The third-order valence-corrected chi connectivity index (χ3v) is 4.19. The van der Waals surface area contributed by atoms with Crippen molar-refractivity contribution in [3.8, 4) is 5.75 Å². The number of nitro benzene ring substituents is 1. The van der Waals surface area contributed by atoms with Crippen LogP contribution in [-0.2, 0) is 11.4 Å². The van der Waals surface area contributed by atoms with Crippen molar-refractivity contribution in [1.29, 1.82) is 0 Å². The lowest BCUT2D eigenvalue weighted by atomic mass is 10.3. The zero-order chi connectivity index (χ0) is 17.1. The Morgan fingerprint density at radius 1 is 1.29 bits per heavy atom. The third-order valence-electron chi connectivity index (χ3n) is 3.03. The molecular weight excluding hydrogens is 352 g/mol. The summed E-state index contributed by atoms with van der Waals surface area (Å²) in [6, 6.07) is 9.22. The lowest BCUT2D eigenvalue weighted by molar-refractivity contribution is -0.384. The van der Waals surface area contributed by atoms with Crippen LogP contribution in [0.3, 0.4) is 0 Å². The Hall–Kier alpha value is -2.65. The fourth-order valence-corrected chi connectivity index (χ4v) is 2.94. The number of thioether (sulfide) groups is 1. The lowest BCUT2D eigenvalue weighted by Crippen LogP contribution is -2.17. The average Bonchev–Trinajstić information content (AvgIpc) is 3.12. The quantitative estimate of drug-likeness (QED) is 0.377. The fraction of sp³-hybridized carbons (Fsp3) is 0.0667. The zero-order valence-corrected chi connectivity index (χ0v) is 13.7. The van der Waals surface area contributed by atoms with Gasteiger partial charge in [-0.2, -0.15) is 0 Å². The van der Waals surface area contributed by atoms with Gasteiger partial charge in [-0.1, -0.05) is 24.0 Å². The highest BCUT2D eigenvalue weighted by molar-refractivity contribution is 8.26. The van der Waals surface area contributed by atoms with Crippen LogP contribution < -0.4 is 10.1 Å². The molecule has 1 amide bonds. The molecule has 24 heavy (non-hydrogen) atoms. The van der Waals surface area contributed by atoms with Gasteiger partial charge >= 0.3 is 0 Å². The van der Waals surface area contributed by atoms with Crippen molar-refractivity contribution in [2.24, 2.45) is 0 Å². The SMILES string of the molecule is O=C1NC(=S)SC1=Cc1ccc(COc2ccc([N+](=O)[O-])cc2)o1. The van der Waals surface area contributed by atoms with E-state index in [9.17, 15) is 14.9 Å². The number of ether oxygens (including phenoxy) is 1. The summed E-state index contributed by atoms with van der Waals surface area (Å²) < 4.78 is 11.5. The molecule has 0 unspecified atom stereocenters. The number of rotatable bonds is 5. The molecule has 0 aliphatic carbocycles. The molecule has 1 fully saturated rings. The first kappa shape index (κ1) is 16.2. The van der Waals surface area contributed by atoms with Gasteiger partial charge in [-0.25, -0.2) is 0 Å². The minimum absolute atomic E-state index is 0.000450. The summed E-state index contributed by atoms with van der Waals surface area (Å²) in [6.07, 6.45) is 1.61. The Labute approximate surface area is 145 Å². The number of amides is 1. The summed E-state index contributed by atoms with van der Waals surface area (Å²) in [5.41, 5.74) is -0.000450. The molecule has 1 aromatic carbocycles. The van der Waals surface area contributed by atoms with E-state index in [-0.39, 0.29) is 18.2 Å². The number of hydrogen-bond donors (Lipinski definition) is 1. The van der Waals surface area contributed by atoms with E-state index < -0.39 is 4.92 Å². The van der Waals surface area contributed by atoms with Crippen LogP contribution in [0.5, 0.6) is 5.75 Å². The summed E-state index contributed by atoms with van der Waals surface area (Å²) in [6.45, 7) is 0.165. The van der Waals surface area contributed by atoms with Gasteiger partial charge in [0, 0.05) is 18.2 Å². The van der Waals surface area contributed by atoms with E-state index in [0.717, 1.165) is 0 Å². The molecule has 9 heteroatoms. The predicted molar refractivity (Wildman–Crippen MR) is 92.4 cm³/mol. The first-order chi connectivity index (χ1) is 11.5. The second-order valence-electron chi connectivity index (χ2n) is 4.70. The number of hydrogen-bond acceptors (Lipinski definition) is 7. The molecule has 7 nitrogen and oxygen atoms in total. The molecule has 1 aliphatic heterocycles. The standard InChI is InChI=1S/C15H10N2O5S2/c18-14-13(24-15(23)16-14)7-11-5-6-12(22-11)8-21-10-3-1-9(2-4-10)17(19)20/h1-7H,8H2,(H,16,18,23). The van der Waals surface area contributed by atoms with Crippen molar-refractivity contribution in [3.63, 3.8) is 0 Å². The summed E-state index contributed by atoms with van der Waals surface area (Å²) in [5.74, 6) is 1.32. The Morgan fingerprint density at radius 3 is 2.67 bits per heavy atom. The van der Waals surface area contributed by atoms with Crippen LogP contribution in [-0.4, -0.2) is 15.2 Å². The molecule has 0 bridgehead atoms. The van der Waals surface area contributed by atoms with E-state index in [1.807, 2.05) is 0 Å². The van der Waals surface area contributed by atoms with E-state index in [4.69, 9.17) is 21.4 Å². The normalized spacial score (nSPS) is 15.6. The number of nitrogens with one attached hydrogen (secondary N) is 1. The molecule has 2 heterocycles. The highest BCUT2D eigenvalue weighted by atomic mass is 32.2. The Balaban J connectivity index is 1.62. The van der Waals surface area contributed by atoms with Crippen LogP contribution in [0.1, 0.15) is 11.5 Å². The van der Waals surface area contributed by atoms with E-state index in [1.165, 1.54) is 36.0 Å². The average molecular weight is 362 g/mol. The molecule has 122 valence electrons. The Kier molecular flexibility index (Phi) is 4.63. The number of furan rings is 1. The topological polar surface area (TPSA) is 94.6 Å². The van der Waals surface area contributed by atoms with E-state index in [0.29, 0.717) is 26.5 Å². The van der Waals surface area contributed by atoms with Crippen molar-refractivity contribution in [2.75, 3.05) is 0 Å². The van der Waals surface area contributed by atoms with Crippen LogP contribution in [0.4, 0.5) is 5.69 Å².